The van der Waals surface area contributed by atoms with Crippen LogP contribution in [0.15, 0.2) is 41.4 Å². The molecule has 0 spiro atoms. The van der Waals surface area contributed by atoms with Crippen LogP contribution in [-0.2, 0) is 13.1 Å². The highest BCUT2D eigenvalue weighted by molar-refractivity contribution is 14.0. The first kappa shape index (κ1) is 25.8. The van der Waals surface area contributed by atoms with Gasteiger partial charge in [0.2, 0.25) is 0 Å². The first-order valence-corrected chi connectivity index (χ1v) is 10.1. The van der Waals surface area contributed by atoms with Crippen LogP contribution in [0.2, 0.25) is 0 Å². The van der Waals surface area contributed by atoms with Crippen molar-refractivity contribution in [2.24, 2.45) is 4.99 Å². The van der Waals surface area contributed by atoms with E-state index < -0.39 is 6.61 Å². The summed E-state index contributed by atoms with van der Waals surface area (Å²) < 4.78 is 47.5. The van der Waals surface area contributed by atoms with Crippen molar-refractivity contribution >= 4 is 29.9 Å². The van der Waals surface area contributed by atoms with Crippen LogP contribution in [0, 0.1) is 0 Å². The highest BCUT2D eigenvalue weighted by Crippen LogP contribution is 2.34. The van der Waals surface area contributed by atoms with Crippen LogP contribution in [0.5, 0.6) is 23.0 Å². The number of rotatable bonds is 8. The summed E-state index contributed by atoms with van der Waals surface area (Å²) in [5.74, 6) is 2.23. The Morgan fingerprint density at radius 3 is 2.47 bits per heavy atom. The predicted octanol–water partition coefficient (Wildman–Crippen LogP) is 4.33. The van der Waals surface area contributed by atoms with Gasteiger partial charge in [-0.05, 0) is 19.1 Å². The Labute approximate surface area is 203 Å². The number of guanidine groups is 1. The predicted molar refractivity (Wildman–Crippen MR) is 129 cm³/mol. The largest absolute Gasteiger partial charge is 0.490 e. The second-order valence-electron chi connectivity index (χ2n) is 6.63. The van der Waals surface area contributed by atoms with Gasteiger partial charge in [0.15, 0.2) is 29.0 Å². The molecule has 0 aromatic heterocycles. The number of fused-ring (bicyclic) bond motifs is 1. The number of nitrogens with zero attached hydrogens (tertiary/aromatic N) is 1. The van der Waals surface area contributed by atoms with Crippen molar-refractivity contribution in [3.8, 4) is 23.0 Å². The van der Waals surface area contributed by atoms with Gasteiger partial charge < -0.3 is 29.6 Å². The zero-order valence-electron chi connectivity index (χ0n) is 18.0. The lowest BCUT2D eigenvalue weighted by Crippen LogP contribution is -2.36. The second kappa shape index (κ2) is 13.1. The number of hydrogen-bond donors (Lipinski definition) is 2. The van der Waals surface area contributed by atoms with Crippen molar-refractivity contribution in [3.05, 3.63) is 47.5 Å². The molecule has 10 heteroatoms. The Kier molecular flexibility index (Phi) is 10.6. The van der Waals surface area contributed by atoms with Gasteiger partial charge in [0.05, 0.1) is 19.8 Å². The van der Waals surface area contributed by atoms with Crippen LogP contribution in [0.4, 0.5) is 8.78 Å². The van der Waals surface area contributed by atoms with Gasteiger partial charge in [-0.2, -0.15) is 8.78 Å². The summed E-state index contributed by atoms with van der Waals surface area (Å²) in [5.41, 5.74) is 1.46. The van der Waals surface area contributed by atoms with E-state index in [0.29, 0.717) is 37.9 Å². The molecule has 0 atom stereocenters. The topological polar surface area (TPSA) is 73.3 Å². The Morgan fingerprint density at radius 1 is 1.06 bits per heavy atom. The molecule has 0 aliphatic carbocycles. The van der Waals surface area contributed by atoms with Crippen molar-refractivity contribution in [3.63, 3.8) is 0 Å². The summed E-state index contributed by atoms with van der Waals surface area (Å²) in [7, 11) is 1.63. The number of nitrogens with one attached hydrogen (secondary N) is 2. The van der Waals surface area contributed by atoms with Gasteiger partial charge in [-0.25, -0.2) is 0 Å². The highest BCUT2D eigenvalue weighted by atomic mass is 127. The molecule has 0 fully saturated rings. The molecule has 0 radical (unpaired) electrons. The van der Waals surface area contributed by atoms with E-state index in [0.717, 1.165) is 23.5 Å². The summed E-state index contributed by atoms with van der Waals surface area (Å²) in [6.45, 7) is 1.06. The Morgan fingerprint density at radius 2 is 1.75 bits per heavy atom. The minimum atomic E-state index is -2.95. The van der Waals surface area contributed by atoms with Crippen LogP contribution in [0.25, 0.3) is 0 Å². The Balaban J connectivity index is 0.00000363. The molecule has 0 saturated carbocycles. The fraction of sp³-hybridized carbons (Fsp3) is 0.409. The fourth-order valence-corrected chi connectivity index (χ4v) is 3.16. The van der Waals surface area contributed by atoms with E-state index in [1.54, 1.807) is 32.2 Å². The van der Waals surface area contributed by atoms with Gasteiger partial charge in [0, 0.05) is 37.7 Å². The van der Waals surface area contributed by atoms with E-state index >= 15 is 0 Å². The maximum absolute atomic E-state index is 12.9. The van der Waals surface area contributed by atoms with Crippen molar-refractivity contribution < 1.29 is 27.7 Å². The number of hydrogen-bond acceptors (Lipinski definition) is 5. The normalized spacial score (nSPS) is 13.1. The summed E-state index contributed by atoms with van der Waals surface area (Å²) in [5, 5.41) is 6.33. The Bertz CT molecular complexity index is 899. The summed E-state index contributed by atoms with van der Waals surface area (Å²) in [6.07, 6.45) is 0.828. The van der Waals surface area contributed by atoms with E-state index in [1.807, 2.05) is 18.2 Å². The monoisotopic (exact) mass is 563 g/mol. The first-order chi connectivity index (χ1) is 15.1. The third-order valence-corrected chi connectivity index (χ3v) is 4.54. The molecule has 0 unspecified atom stereocenters. The number of para-hydroxylation sites is 2. The third kappa shape index (κ3) is 7.01. The van der Waals surface area contributed by atoms with Crippen molar-refractivity contribution in [1.82, 2.24) is 10.6 Å². The number of alkyl halides is 2. The molecule has 0 saturated heterocycles. The zero-order chi connectivity index (χ0) is 22.1. The van der Waals surface area contributed by atoms with Crippen LogP contribution >= 0.6 is 24.0 Å². The summed E-state index contributed by atoms with van der Waals surface area (Å²) in [6, 6.07) is 10.8. The van der Waals surface area contributed by atoms with Gasteiger partial charge in [0.1, 0.15) is 0 Å². The quantitative estimate of drug-likeness (QED) is 0.283. The molecule has 2 aromatic rings. The van der Waals surface area contributed by atoms with Crippen LogP contribution in [-0.4, -0.2) is 39.4 Å². The lowest BCUT2D eigenvalue weighted by atomic mass is 10.1. The molecule has 7 nitrogen and oxygen atoms in total. The van der Waals surface area contributed by atoms with Gasteiger partial charge in [-0.15, -0.1) is 24.0 Å². The molecule has 3 rings (SSSR count). The lowest BCUT2D eigenvalue weighted by Gasteiger charge is -2.18. The van der Waals surface area contributed by atoms with E-state index in [2.05, 4.69) is 15.6 Å². The lowest BCUT2D eigenvalue weighted by molar-refractivity contribution is -0.0520. The molecule has 1 aliphatic rings. The Hall–Kier alpha value is -2.50. The molecule has 2 aromatic carbocycles. The third-order valence-electron chi connectivity index (χ3n) is 4.54. The van der Waals surface area contributed by atoms with Crippen LogP contribution in [0.3, 0.4) is 0 Å². The average Bonchev–Trinajstić information content (AvgIpc) is 3.01. The number of benzene rings is 2. The van der Waals surface area contributed by atoms with E-state index in [1.165, 1.54) is 0 Å². The molecule has 1 heterocycles. The van der Waals surface area contributed by atoms with Crippen molar-refractivity contribution in [2.45, 2.75) is 33.0 Å². The van der Waals surface area contributed by atoms with Crippen LogP contribution in [0.1, 0.15) is 24.5 Å². The molecule has 1 aliphatic heterocycles. The zero-order valence-corrected chi connectivity index (χ0v) is 20.4. The molecule has 32 heavy (non-hydrogen) atoms. The van der Waals surface area contributed by atoms with Gasteiger partial charge >= 0.3 is 6.61 Å². The molecule has 176 valence electrons. The molecule has 0 amide bonds. The SMILES string of the molecule is CCOc1cccc(CNC(=NC)NCc2cccc3c2OCCCO3)c1OC(F)F.I. The van der Waals surface area contributed by atoms with Gasteiger partial charge in [0.25, 0.3) is 0 Å². The van der Waals surface area contributed by atoms with E-state index in [4.69, 9.17) is 18.9 Å². The maximum atomic E-state index is 12.9. The number of halogens is 3. The highest BCUT2D eigenvalue weighted by Gasteiger charge is 2.17. The molecular formula is C22H28F2IN3O4. The van der Waals surface area contributed by atoms with Crippen LogP contribution < -0.4 is 29.6 Å². The van der Waals surface area contributed by atoms with Crippen molar-refractivity contribution in [2.75, 3.05) is 26.9 Å². The minimum Gasteiger partial charge on any atom is -0.490 e. The van der Waals surface area contributed by atoms with E-state index in [9.17, 15) is 8.78 Å². The number of ether oxygens (including phenoxy) is 4. The van der Waals surface area contributed by atoms with Gasteiger partial charge in [-0.3, -0.25) is 4.99 Å². The smallest absolute Gasteiger partial charge is 0.387 e. The molecule has 0 bridgehead atoms. The number of aliphatic imine (C=N–C) groups is 1. The van der Waals surface area contributed by atoms with Gasteiger partial charge in [-0.1, -0.05) is 24.3 Å². The second-order valence-corrected chi connectivity index (χ2v) is 6.63. The molecular weight excluding hydrogens is 535 g/mol. The fourth-order valence-electron chi connectivity index (χ4n) is 3.16. The molecule has 2 N–H and O–H groups in total. The first-order valence-electron chi connectivity index (χ1n) is 10.1. The van der Waals surface area contributed by atoms with Crippen molar-refractivity contribution in [1.29, 1.82) is 0 Å². The standard InChI is InChI=1S/C22H27F2N3O4.HI/c1-3-28-18-10-5-8-16(20(18)31-21(23)24)14-27-22(25-2)26-13-15-7-4-9-17-19(15)30-12-6-11-29-17;/h4-5,7-10,21H,3,6,11-14H2,1-2H3,(H2,25,26,27);1H. The minimum absolute atomic E-state index is 0. The maximum Gasteiger partial charge on any atom is 0.387 e. The van der Waals surface area contributed by atoms with E-state index in [-0.39, 0.29) is 42.0 Å². The summed E-state index contributed by atoms with van der Waals surface area (Å²) in [4.78, 5) is 4.20. The summed E-state index contributed by atoms with van der Waals surface area (Å²) >= 11 is 0. The average molecular weight is 563 g/mol.